The van der Waals surface area contributed by atoms with Gasteiger partial charge in [0.05, 0.1) is 19.2 Å². The van der Waals surface area contributed by atoms with E-state index in [1.807, 2.05) is 35.2 Å². The number of rotatable bonds is 4. The molecule has 0 aromatic heterocycles. The van der Waals surface area contributed by atoms with Gasteiger partial charge in [0.1, 0.15) is 12.2 Å². The highest BCUT2D eigenvalue weighted by Crippen LogP contribution is 2.45. The van der Waals surface area contributed by atoms with Crippen LogP contribution in [0.4, 0.5) is 4.39 Å². The van der Waals surface area contributed by atoms with Crippen molar-refractivity contribution in [3.05, 3.63) is 35.4 Å². The third kappa shape index (κ3) is 3.93. The molecule has 2 heterocycles. The second kappa shape index (κ2) is 7.66. The molecule has 0 spiro atoms. The zero-order valence-electron chi connectivity index (χ0n) is 17.8. The minimum atomic E-state index is -1.11. The lowest BCUT2D eigenvalue weighted by Gasteiger charge is -2.23. The third-order valence-electron chi connectivity index (χ3n) is 6.69. The first-order valence-electron chi connectivity index (χ1n) is 10.7. The normalized spacial score (nSPS) is 30.2. The fraction of sp³-hybridized carbons (Fsp3) is 0.609. The zero-order chi connectivity index (χ0) is 21.6. The van der Waals surface area contributed by atoms with Crippen LogP contribution in [0.3, 0.4) is 0 Å². The van der Waals surface area contributed by atoms with Gasteiger partial charge in [-0.2, -0.15) is 5.26 Å². The number of hydrogen-bond acceptors (Lipinski definition) is 4. The number of nitriles is 1. The Hall–Kier alpha value is -2.46. The average molecular weight is 413 g/mol. The van der Waals surface area contributed by atoms with Crippen molar-refractivity contribution in [1.82, 2.24) is 15.1 Å². The number of piperidine rings is 1. The van der Waals surface area contributed by atoms with Crippen molar-refractivity contribution in [1.29, 1.82) is 5.26 Å². The molecule has 4 rings (SSSR count). The molecule has 30 heavy (non-hydrogen) atoms. The van der Waals surface area contributed by atoms with Crippen molar-refractivity contribution < 1.29 is 14.0 Å². The largest absolute Gasteiger partial charge is 0.338 e. The number of hydrogen-bond donors (Lipinski definition) is 1. The van der Waals surface area contributed by atoms with Crippen molar-refractivity contribution >= 4 is 11.8 Å². The summed E-state index contributed by atoms with van der Waals surface area (Å²) in [6, 6.07) is 9.41. The Kier molecular flexibility index (Phi) is 5.31. The van der Waals surface area contributed by atoms with Crippen LogP contribution in [0.2, 0.25) is 0 Å². The highest BCUT2D eigenvalue weighted by atomic mass is 19.1. The van der Waals surface area contributed by atoms with E-state index in [2.05, 4.69) is 26.1 Å². The first kappa shape index (κ1) is 20.8. The Balaban J connectivity index is 1.25. The molecule has 1 N–H and O–H groups in total. The molecule has 1 aliphatic carbocycles. The highest BCUT2D eigenvalue weighted by molar-refractivity contribution is 5.94. The van der Waals surface area contributed by atoms with Gasteiger partial charge >= 0.3 is 0 Å². The molecule has 7 heteroatoms. The second-order valence-corrected chi connectivity index (χ2v) is 9.80. The summed E-state index contributed by atoms with van der Waals surface area (Å²) in [5.74, 6) is 0.545. The van der Waals surface area contributed by atoms with Crippen LogP contribution in [0.1, 0.15) is 43.1 Å². The van der Waals surface area contributed by atoms with E-state index in [0.29, 0.717) is 30.5 Å². The third-order valence-corrected chi connectivity index (χ3v) is 6.69. The first-order chi connectivity index (χ1) is 14.2. The number of benzene rings is 1. The monoisotopic (exact) mass is 412 g/mol. The standard InChI is InChI=1S/C23H29FN4O2/c1-23(2,3)15-6-4-14(5-7-15)22(30)27-12-18-19(13-27)21(18)26-10-20(29)28-11-16(24)8-17(28)9-25/h4-7,16-19,21,26H,8,10-13H2,1-3H3/t16-,17-,18?,19?,21?/m0/s1. The van der Waals surface area contributed by atoms with E-state index in [4.69, 9.17) is 5.26 Å². The molecule has 160 valence electrons. The van der Waals surface area contributed by atoms with E-state index in [-0.39, 0.29) is 42.8 Å². The van der Waals surface area contributed by atoms with E-state index in [9.17, 15) is 14.0 Å². The van der Waals surface area contributed by atoms with Gasteiger partial charge in [-0.05, 0) is 34.9 Å². The molecule has 1 saturated carbocycles. The van der Waals surface area contributed by atoms with Gasteiger partial charge in [-0.15, -0.1) is 0 Å². The van der Waals surface area contributed by atoms with Crippen LogP contribution in [0.5, 0.6) is 0 Å². The molecule has 0 bridgehead atoms. The second-order valence-electron chi connectivity index (χ2n) is 9.80. The van der Waals surface area contributed by atoms with Crippen LogP contribution in [0.25, 0.3) is 0 Å². The topological polar surface area (TPSA) is 76.4 Å². The molecule has 3 aliphatic rings. The highest BCUT2D eigenvalue weighted by Gasteiger charge is 2.56. The Labute approximate surface area is 177 Å². The van der Waals surface area contributed by atoms with Crippen molar-refractivity contribution in [3.63, 3.8) is 0 Å². The summed E-state index contributed by atoms with van der Waals surface area (Å²) in [5, 5.41) is 12.3. The number of amides is 2. The van der Waals surface area contributed by atoms with Gasteiger partial charge < -0.3 is 15.1 Å². The molecule has 2 amide bonds. The zero-order valence-corrected chi connectivity index (χ0v) is 17.8. The lowest BCUT2D eigenvalue weighted by molar-refractivity contribution is -0.130. The maximum Gasteiger partial charge on any atom is 0.253 e. The van der Waals surface area contributed by atoms with Crippen LogP contribution in [-0.4, -0.2) is 66.0 Å². The van der Waals surface area contributed by atoms with Gasteiger partial charge in [-0.1, -0.05) is 32.9 Å². The van der Waals surface area contributed by atoms with Crippen LogP contribution in [-0.2, 0) is 10.2 Å². The predicted molar refractivity (Wildman–Crippen MR) is 110 cm³/mol. The van der Waals surface area contributed by atoms with Gasteiger partial charge in [0.25, 0.3) is 5.91 Å². The van der Waals surface area contributed by atoms with Crippen molar-refractivity contribution in [2.75, 3.05) is 26.2 Å². The minimum absolute atomic E-state index is 0.00650. The number of alkyl halides is 1. The molecule has 0 radical (unpaired) electrons. The summed E-state index contributed by atoms with van der Waals surface area (Å²) >= 11 is 0. The first-order valence-corrected chi connectivity index (χ1v) is 10.7. The van der Waals surface area contributed by atoms with Gasteiger partial charge in [0.15, 0.2) is 0 Å². The van der Waals surface area contributed by atoms with E-state index in [1.165, 1.54) is 10.5 Å². The van der Waals surface area contributed by atoms with E-state index in [0.717, 1.165) is 0 Å². The number of nitrogens with one attached hydrogen (secondary N) is 1. The predicted octanol–water partition coefficient (Wildman–Crippen LogP) is 2.11. The summed E-state index contributed by atoms with van der Waals surface area (Å²) < 4.78 is 13.5. The molecule has 2 saturated heterocycles. The molecule has 1 aromatic carbocycles. The average Bonchev–Trinajstić information content (AvgIpc) is 3.04. The number of nitrogens with zero attached hydrogens (tertiary/aromatic N) is 3. The van der Waals surface area contributed by atoms with E-state index < -0.39 is 12.2 Å². The van der Waals surface area contributed by atoms with Crippen molar-refractivity contribution in [2.24, 2.45) is 11.8 Å². The number of fused-ring (bicyclic) bond motifs is 1. The molecule has 3 fully saturated rings. The lowest BCUT2D eigenvalue weighted by Crippen LogP contribution is -2.43. The molecular weight excluding hydrogens is 383 g/mol. The Bertz CT molecular complexity index is 861. The number of carbonyl (C=O) groups excluding carboxylic acids is 2. The van der Waals surface area contributed by atoms with Crippen LogP contribution in [0, 0.1) is 23.2 Å². The van der Waals surface area contributed by atoms with E-state index in [1.54, 1.807) is 0 Å². The van der Waals surface area contributed by atoms with Crippen LogP contribution in [0.15, 0.2) is 24.3 Å². The summed E-state index contributed by atoms with van der Waals surface area (Å²) in [7, 11) is 0. The molecule has 1 aromatic rings. The molecule has 2 aliphatic heterocycles. The van der Waals surface area contributed by atoms with Crippen LogP contribution < -0.4 is 5.32 Å². The number of carbonyl (C=O) groups is 2. The summed E-state index contributed by atoms with van der Waals surface area (Å²) in [4.78, 5) is 28.4. The fourth-order valence-corrected chi connectivity index (χ4v) is 4.78. The maximum absolute atomic E-state index is 13.5. The number of likely N-dealkylation sites (tertiary alicyclic amines) is 2. The molecular formula is C23H29FN4O2. The quantitative estimate of drug-likeness (QED) is 0.822. The van der Waals surface area contributed by atoms with Crippen molar-refractivity contribution in [3.8, 4) is 6.07 Å². The minimum Gasteiger partial charge on any atom is -0.338 e. The number of halogens is 1. The molecule has 4 atom stereocenters. The Morgan fingerprint density at radius 3 is 2.37 bits per heavy atom. The Morgan fingerprint density at radius 1 is 1.17 bits per heavy atom. The van der Waals surface area contributed by atoms with Gasteiger partial charge in [0.2, 0.25) is 5.91 Å². The molecule has 6 nitrogen and oxygen atoms in total. The lowest BCUT2D eigenvalue weighted by atomic mass is 9.86. The SMILES string of the molecule is CC(C)(C)c1ccc(C(=O)N2CC3C(C2)C3NCC(=O)N2C[C@@H](F)C[C@H]2C#N)cc1. The molecule has 2 unspecified atom stereocenters. The van der Waals surface area contributed by atoms with Gasteiger partial charge in [0, 0.05) is 31.1 Å². The van der Waals surface area contributed by atoms with Crippen molar-refractivity contribution in [2.45, 2.75) is 50.9 Å². The van der Waals surface area contributed by atoms with Gasteiger partial charge in [-0.25, -0.2) is 4.39 Å². The summed E-state index contributed by atoms with van der Waals surface area (Å²) in [5.41, 5.74) is 1.97. The smallest absolute Gasteiger partial charge is 0.253 e. The van der Waals surface area contributed by atoms with E-state index >= 15 is 0 Å². The summed E-state index contributed by atoms with van der Waals surface area (Å²) in [6.45, 7) is 7.94. The fourth-order valence-electron chi connectivity index (χ4n) is 4.78. The maximum atomic E-state index is 13.5. The van der Waals surface area contributed by atoms with Crippen LogP contribution >= 0.6 is 0 Å². The van der Waals surface area contributed by atoms with Gasteiger partial charge in [-0.3, -0.25) is 9.59 Å². The summed E-state index contributed by atoms with van der Waals surface area (Å²) in [6.07, 6.45) is -1.01. The Morgan fingerprint density at radius 2 is 1.80 bits per heavy atom.